The van der Waals surface area contributed by atoms with Gasteiger partial charge >= 0.3 is 0 Å². The van der Waals surface area contributed by atoms with Crippen LogP contribution in [0.5, 0.6) is 5.75 Å². The van der Waals surface area contributed by atoms with Gasteiger partial charge in [0, 0.05) is 12.2 Å². The standard InChI is InChI=1S/C12H20N2O3S/c1-4-9(2)8-14-18(15,16)12-7-10(13)5-6-11(12)17-3/h5-7,9,14H,4,8,13H2,1-3H3. The molecule has 0 spiro atoms. The van der Waals surface area contributed by atoms with E-state index in [-0.39, 0.29) is 10.8 Å². The van der Waals surface area contributed by atoms with Crippen LogP contribution in [0, 0.1) is 5.92 Å². The van der Waals surface area contributed by atoms with Crippen molar-refractivity contribution >= 4 is 15.7 Å². The molecule has 0 saturated carbocycles. The molecule has 102 valence electrons. The molecule has 1 aromatic rings. The zero-order valence-corrected chi connectivity index (χ0v) is 11.8. The van der Waals surface area contributed by atoms with Gasteiger partial charge in [0.1, 0.15) is 10.6 Å². The van der Waals surface area contributed by atoms with E-state index in [4.69, 9.17) is 10.5 Å². The first-order valence-corrected chi connectivity index (χ1v) is 7.32. The zero-order chi connectivity index (χ0) is 13.8. The second-order valence-corrected chi connectivity index (χ2v) is 6.01. The van der Waals surface area contributed by atoms with Crippen LogP contribution in [0.25, 0.3) is 0 Å². The molecule has 0 aromatic heterocycles. The summed E-state index contributed by atoms with van der Waals surface area (Å²) in [6, 6.07) is 4.55. The van der Waals surface area contributed by atoms with Crippen LogP contribution in [0.15, 0.2) is 23.1 Å². The van der Waals surface area contributed by atoms with Crippen LogP contribution in [0.4, 0.5) is 5.69 Å². The highest BCUT2D eigenvalue weighted by molar-refractivity contribution is 7.89. The lowest BCUT2D eigenvalue weighted by atomic mass is 10.1. The van der Waals surface area contributed by atoms with Crippen LogP contribution in [-0.2, 0) is 10.0 Å². The minimum Gasteiger partial charge on any atom is -0.495 e. The van der Waals surface area contributed by atoms with Crippen LogP contribution in [0.1, 0.15) is 20.3 Å². The molecular formula is C12H20N2O3S. The van der Waals surface area contributed by atoms with E-state index in [1.54, 1.807) is 12.1 Å². The second kappa shape index (κ2) is 6.06. The van der Waals surface area contributed by atoms with E-state index < -0.39 is 10.0 Å². The Bertz CT molecular complexity index is 500. The molecule has 0 heterocycles. The van der Waals surface area contributed by atoms with Crippen LogP contribution in [0.2, 0.25) is 0 Å². The number of hydrogen-bond donors (Lipinski definition) is 2. The second-order valence-electron chi connectivity index (χ2n) is 4.28. The minimum absolute atomic E-state index is 0.0771. The lowest BCUT2D eigenvalue weighted by Crippen LogP contribution is -2.28. The summed E-state index contributed by atoms with van der Waals surface area (Å²) < 4.78 is 31.9. The fourth-order valence-electron chi connectivity index (χ4n) is 1.38. The number of ether oxygens (including phenoxy) is 1. The predicted octanol–water partition coefficient (Wildman–Crippen LogP) is 1.60. The average Bonchev–Trinajstić information content (AvgIpc) is 2.36. The number of benzene rings is 1. The van der Waals surface area contributed by atoms with E-state index in [2.05, 4.69) is 4.72 Å². The number of hydrogen-bond acceptors (Lipinski definition) is 4. The van der Waals surface area contributed by atoms with Crippen molar-refractivity contribution in [3.8, 4) is 5.75 Å². The first-order chi connectivity index (χ1) is 8.40. The van der Waals surface area contributed by atoms with E-state index in [1.807, 2.05) is 13.8 Å². The molecule has 6 heteroatoms. The van der Waals surface area contributed by atoms with Gasteiger partial charge < -0.3 is 10.5 Å². The van der Waals surface area contributed by atoms with Gasteiger partial charge in [-0.15, -0.1) is 0 Å². The van der Waals surface area contributed by atoms with E-state index in [1.165, 1.54) is 13.2 Å². The maximum Gasteiger partial charge on any atom is 0.244 e. The smallest absolute Gasteiger partial charge is 0.244 e. The number of sulfonamides is 1. The number of nitrogens with two attached hydrogens (primary N) is 1. The number of rotatable bonds is 6. The van der Waals surface area contributed by atoms with E-state index >= 15 is 0 Å². The number of nitrogen functional groups attached to an aromatic ring is 1. The third-order valence-electron chi connectivity index (χ3n) is 2.80. The Morgan fingerprint density at radius 2 is 2.11 bits per heavy atom. The van der Waals surface area contributed by atoms with Gasteiger partial charge in [-0.2, -0.15) is 0 Å². The zero-order valence-electron chi connectivity index (χ0n) is 10.9. The Hall–Kier alpha value is -1.27. The Morgan fingerprint density at radius 3 is 2.67 bits per heavy atom. The third-order valence-corrected chi connectivity index (χ3v) is 4.24. The summed E-state index contributed by atoms with van der Waals surface area (Å²) in [7, 11) is -2.16. The molecule has 0 fully saturated rings. The highest BCUT2D eigenvalue weighted by Crippen LogP contribution is 2.25. The van der Waals surface area contributed by atoms with E-state index in [9.17, 15) is 8.42 Å². The molecule has 0 aliphatic carbocycles. The van der Waals surface area contributed by atoms with Crippen LogP contribution >= 0.6 is 0 Å². The summed E-state index contributed by atoms with van der Waals surface area (Å²) in [5.41, 5.74) is 6.00. The largest absolute Gasteiger partial charge is 0.495 e. The molecule has 3 N–H and O–H groups in total. The molecule has 0 aliphatic heterocycles. The van der Waals surface area contributed by atoms with E-state index in [0.717, 1.165) is 6.42 Å². The Balaban J connectivity index is 3.00. The molecule has 0 amide bonds. The van der Waals surface area contributed by atoms with Crippen molar-refractivity contribution in [2.24, 2.45) is 5.92 Å². The predicted molar refractivity (Wildman–Crippen MR) is 72.0 cm³/mol. The quantitative estimate of drug-likeness (QED) is 0.771. The summed E-state index contributed by atoms with van der Waals surface area (Å²) in [5.74, 6) is 0.577. The van der Waals surface area contributed by atoms with Crippen molar-refractivity contribution in [2.75, 3.05) is 19.4 Å². The average molecular weight is 272 g/mol. The van der Waals surface area contributed by atoms with Crippen molar-refractivity contribution < 1.29 is 13.2 Å². The molecular weight excluding hydrogens is 252 g/mol. The third kappa shape index (κ3) is 3.61. The van der Waals surface area contributed by atoms with Gasteiger partial charge in [-0.05, 0) is 24.1 Å². The Morgan fingerprint density at radius 1 is 1.44 bits per heavy atom. The van der Waals surface area contributed by atoms with Crippen molar-refractivity contribution in [1.29, 1.82) is 0 Å². The molecule has 18 heavy (non-hydrogen) atoms. The number of anilines is 1. The van der Waals surface area contributed by atoms with Gasteiger partial charge in [0.05, 0.1) is 7.11 Å². The molecule has 1 aromatic carbocycles. The topological polar surface area (TPSA) is 81.4 Å². The van der Waals surface area contributed by atoms with Gasteiger partial charge in [0.25, 0.3) is 0 Å². The fraction of sp³-hybridized carbons (Fsp3) is 0.500. The van der Waals surface area contributed by atoms with Gasteiger partial charge in [0.2, 0.25) is 10.0 Å². The lowest BCUT2D eigenvalue weighted by Gasteiger charge is -2.13. The van der Waals surface area contributed by atoms with Gasteiger partial charge in [-0.3, -0.25) is 0 Å². The maximum absolute atomic E-state index is 12.1. The van der Waals surface area contributed by atoms with Crippen molar-refractivity contribution in [3.63, 3.8) is 0 Å². The molecule has 0 radical (unpaired) electrons. The number of nitrogens with one attached hydrogen (secondary N) is 1. The number of methoxy groups -OCH3 is 1. The Kier molecular flexibility index (Phi) is 4.98. The van der Waals surface area contributed by atoms with Crippen LogP contribution in [-0.4, -0.2) is 22.1 Å². The summed E-state index contributed by atoms with van der Waals surface area (Å²) in [4.78, 5) is 0.0771. The first-order valence-electron chi connectivity index (χ1n) is 5.84. The molecule has 1 atom stereocenters. The molecule has 0 saturated heterocycles. The normalized spacial score (nSPS) is 13.3. The summed E-state index contributed by atoms with van der Waals surface area (Å²) in [6.07, 6.45) is 0.913. The van der Waals surface area contributed by atoms with Gasteiger partial charge in [-0.25, -0.2) is 13.1 Å². The molecule has 0 aliphatic rings. The maximum atomic E-state index is 12.1. The summed E-state index contributed by atoms with van der Waals surface area (Å²) >= 11 is 0. The molecule has 1 rings (SSSR count). The summed E-state index contributed by atoms with van der Waals surface area (Å²) in [6.45, 7) is 4.40. The van der Waals surface area contributed by atoms with Crippen molar-refractivity contribution in [1.82, 2.24) is 4.72 Å². The molecule has 5 nitrogen and oxygen atoms in total. The minimum atomic E-state index is -3.59. The first kappa shape index (κ1) is 14.8. The van der Waals surface area contributed by atoms with Gasteiger partial charge in [-0.1, -0.05) is 20.3 Å². The lowest BCUT2D eigenvalue weighted by molar-refractivity contribution is 0.402. The monoisotopic (exact) mass is 272 g/mol. The molecule has 1 unspecified atom stereocenters. The molecule has 0 bridgehead atoms. The summed E-state index contributed by atoms with van der Waals surface area (Å²) in [5, 5.41) is 0. The highest BCUT2D eigenvalue weighted by Gasteiger charge is 2.20. The Labute approximate surface area is 108 Å². The van der Waals surface area contributed by atoms with Crippen molar-refractivity contribution in [3.05, 3.63) is 18.2 Å². The fourth-order valence-corrected chi connectivity index (χ4v) is 2.74. The highest BCUT2D eigenvalue weighted by atomic mass is 32.2. The van der Waals surface area contributed by atoms with Gasteiger partial charge in [0.15, 0.2) is 0 Å². The van der Waals surface area contributed by atoms with Crippen LogP contribution < -0.4 is 15.2 Å². The van der Waals surface area contributed by atoms with Crippen molar-refractivity contribution in [2.45, 2.75) is 25.2 Å². The SMILES string of the molecule is CCC(C)CNS(=O)(=O)c1cc(N)ccc1OC. The van der Waals surface area contributed by atoms with E-state index in [0.29, 0.717) is 18.0 Å². The van der Waals surface area contributed by atoms with Crippen LogP contribution in [0.3, 0.4) is 0 Å².